The molecule has 0 saturated heterocycles. The van der Waals surface area contributed by atoms with Crippen molar-refractivity contribution >= 4 is 26.0 Å². The number of alkyl halides is 1. The Morgan fingerprint density at radius 3 is 2.11 bits per heavy atom. The molecule has 104 valence electrons. The van der Waals surface area contributed by atoms with Gasteiger partial charge >= 0.3 is 0 Å². The van der Waals surface area contributed by atoms with E-state index in [2.05, 4.69) is 34.5 Å². The molecular formula is C13H22BrNO2S. The minimum absolute atomic E-state index is 0.0137. The molecule has 0 radical (unpaired) electrons. The van der Waals surface area contributed by atoms with Crippen LogP contribution in [0.25, 0.3) is 0 Å². The highest BCUT2D eigenvalue weighted by Gasteiger charge is 2.60. The summed E-state index contributed by atoms with van der Waals surface area (Å²) in [4.78, 5) is 0. The summed E-state index contributed by atoms with van der Waals surface area (Å²) >= 11 is 3.09. The summed E-state index contributed by atoms with van der Waals surface area (Å²) in [6, 6.07) is 0. The molecule has 0 aromatic rings. The van der Waals surface area contributed by atoms with Gasteiger partial charge in [-0.25, -0.2) is 13.1 Å². The lowest BCUT2D eigenvalue weighted by molar-refractivity contribution is -0.110. The number of hydrogen-bond donors (Lipinski definition) is 1. The van der Waals surface area contributed by atoms with Crippen molar-refractivity contribution in [3.05, 3.63) is 0 Å². The van der Waals surface area contributed by atoms with Gasteiger partial charge in [-0.15, -0.1) is 0 Å². The maximum absolute atomic E-state index is 11.9. The van der Waals surface area contributed by atoms with Crippen molar-refractivity contribution in [1.29, 1.82) is 0 Å². The van der Waals surface area contributed by atoms with E-state index in [0.29, 0.717) is 16.7 Å². The number of rotatable bonds is 3. The predicted molar refractivity (Wildman–Crippen MR) is 76.0 cm³/mol. The van der Waals surface area contributed by atoms with E-state index in [4.69, 9.17) is 0 Å². The highest BCUT2D eigenvalue weighted by atomic mass is 79.9. The smallest absolute Gasteiger partial charge is 0.212 e. The molecular weight excluding hydrogens is 314 g/mol. The van der Waals surface area contributed by atoms with E-state index in [9.17, 15) is 8.42 Å². The second-order valence-corrected chi connectivity index (χ2v) is 10.8. The fraction of sp³-hybridized carbons (Fsp3) is 1.00. The van der Waals surface area contributed by atoms with Crippen LogP contribution < -0.4 is 4.72 Å². The fourth-order valence-corrected chi connectivity index (χ4v) is 7.20. The molecule has 0 aliphatic heterocycles. The van der Waals surface area contributed by atoms with Crippen molar-refractivity contribution < 1.29 is 8.42 Å². The molecule has 4 rings (SSSR count). The van der Waals surface area contributed by atoms with Crippen LogP contribution in [-0.2, 0) is 10.0 Å². The van der Waals surface area contributed by atoms with Crippen LogP contribution >= 0.6 is 15.9 Å². The topological polar surface area (TPSA) is 46.2 Å². The van der Waals surface area contributed by atoms with Crippen LogP contribution in [0, 0.1) is 16.7 Å². The van der Waals surface area contributed by atoms with Crippen molar-refractivity contribution in [1.82, 2.24) is 4.72 Å². The average Bonchev–Trinajstić information content (AvgIpc) is 2.09. The summed E-state index contributed by atoms with van der Waals surface area (Å²) in [6.45, 7) is 4.71. The third-order valence-electron chi connectivity index (χ3n) is 5.14. The van der Waals surface area contributed by atoms with Gasteiger partial charge in [-0.1, -0.05) is 29.8 Å². The first-order chi connectivity index (χ1) is 8.17. The first kappa shape index (κ1) is 13.4. The Kier molecular flexibility index (Phi) is 2.77. The Labute approximate surface area is 118 Å². The SMILES string of the molecule is CC12CC3CC(C)(C1)CC(NS(=O)(=O)CBr)(C3)C2. The Morgan fingerprint density at radius 2 is 1.67 bits per heavy atom. The third kappa shape index (κ3) is 2.16. The summed E-state index contributed by atoms with van der Waals surface area (Å²) in [5.74, 6) is 0.717. The van der Waals surface area contributed by atoms with Crippen molar-refractivity contribution in [2.45, 2.75) is 57.9 Å². The second kappa shape index (κ2) is 3.73. The van der Waals surface area contributed by atoms with Gasteiger partial charge in [-0.3, -0.25) is 0 Å². The van der Waals surface area contributed by atoms with E-state index >= 15 is 0 Å². The minimum atomic E-state index is -3.17. The third-order valence-corrected chi connectivity index (χ3v) is 7.98. The summed E-state index contributed by atoms with van der Waals surface area (Å²) in [5.41, 5.74) is 0.543. The normalized spacial score (nSPS) is 50.7. The van der Waals surface area contributed by atoms with Crippen LogP contribution in [0.2, 0.25) is 0 Å². The molecule has 4 bridgehead atoms. The number of halogens is 1. The van der Waals surface area contributed by atoms with Crippen LogP contribution in [0.3, 0.4) is 0 Å². The lowest BCUT2D eigenvalue weighted by Crippen LogP contribution is -2.65. The predicted octanol–water partition coefficient (Wildman–Crippen LogP) is 3.01. The Morgan fingerprint density at radius 1 is 1.11 bits per heavy atom. The van der Waals surface area contributed by atoms with Crippen LogP contribution in [0.1, 0.15) is 52.4 Å². The zero-order valence-electron chi connectivity index (χ0n) is 11.1. The highest BCUT2D eigenvalue weighted by molar-refractivity contribution is 9.10. The molecule has 0 aromatic heterocycles. The molecule has 0 amide bonds. The standard InChI is InChI=1S/C13H22BrNO2S/c1-11-3-10-4-12(2,6-11)8-13(5-10,7-11)15-18(16,17)9-14/h10,15H,3-9H2,1-2H3. The lowest BCUT2D eigenvalue weighted by atomic mass is 9.43. The van der Waals surface area contributed by atoms with E-state index in [0.717, 1.165) is 19.3 Å². The molecule has 18 heavy (non-hydrogen) atoms. The first-order valence-electron chi connectivity index (χ1n) is 6.75. The molecule has 4 aliphatic carbocycles. The molecule has 0 aromatic carbocycles. The van der Waals surface area contributed by atoms with Gasteiger partial charge in [-0.05, 0) is 55.3 Å². The largest absolute Gasteiger partial charge is 0.222 e. The van der Waals surface area contributed by atoms with Crippen LogP contribution in [0.15, 0.2) is 0 Å². The van der Waals surface area contributed by atoms with E-state index in [-0.39, 0.29) is 10.2 Å². The van der Waals surface area contributed by atoms with Crippen LogP contribution in [-0.4, -0.2) is 18.6 Å². The van der Waals surface area contributed by atoms with Gasteiger partial charge in [0.15, 0.2) is 0 Å². The molecule has 0 spiro atoms. The Hall–Kier alpha value is 0.390. The average molecular weight is 336 g/mol. The summed E-state index contributed by atoms with van der Waals surface area (Å²) in [5, 5.41) is 0. The lowest BCUT2D eigenvalue weighted by Gasteiger charge is -2.65. The monoisotopic (exact) mass is 335 g/mol. The van der Waals surface area contributed by atoms with Gasteiger partial charge < -0.3 is 0 Å². The molecule has 4 fully saturated rings. The molecule has 2 atom stereocenters. The maximum atomic E-state index is 11.9. The van der Waals surface area contributed by atoms with Gasteiger partial charge in [0.05, 0.1) is 0 Å². The Bertz CT molecular complexity index is 457. The number of hydrogen-bond acceptors (Lipinski definition) is 2. The minimum Gasteiger partial charge on any atom is -0.212 e. The van der Waals surface area contributed by atoms with E-state index in [1.165, 1.54) is 19.3 Å². The van der Waals surface area contributed by atoms with Crippen molar-refractivity contribution in [3.63, 3.8) is 0 Å². The zero-order chi connectivity index (χ0) is 13.2. The molecule has 4 aliphatic rings. The Balaban J connectivity index is 1.94. The summed E-state index contributed by atoms with van der Waals surface area (Å²) in [6.07, 6.45) is 6.95. The molecule has 0 heterocycles. The number of nitrogens with one attached hydrogen (secondary N) is 1. The van der Waals surface area contributed by atoms with Crippen molar-refractivity contribution in [2.24, 2.45) is 16.7 Å². The van der Waals surface area contributed by atoms with Gasteiger partial charge in [0, 0.05) is 5.54 Å². The molecule has 3 nitrogen and oxygen atoms in total. The summed E-state index contributed by atoms with van der Waals surface area (Å²) in [7, 11) is -3.17. The zero-order valence-corrected chi connectivity index (χ0v) is 13.5. The van der Waals surface area contributed by atoms with Gasteiger partial charge in [0.1, 0.15) is 4.66 Å². The molecule has 4 saturated carbocycles. The highest BCUT2D eigenvalue weighted by Crippen LogP contribution is 2.66. The fourth-order valence-electron chi connectivity index (χ4n) is 5.92. The van der Waals surface area contributed by atoms with Crippen LogP contribution in [0.5, 0.6) is 0 Å². The first-order valence-corrected chi connectivity index (χ1v) is 9.52. The van der Waals surface area contributed by atoms with Crippen molar-refractivity contribution in [2.75, 3.05) is 4.66 Å². The quantitative estimate of drug-likeness (QED) is 0.806. The second-order valence-electron chi connectivity index (χ2n) is 7.74. The van der Waals surface area contributed by atoms with Crippen LogP contribution in [0.4, 0.5) is 0 Å². The van der Waals surface area contributed by atoms with Crippen molar-refractivity contribution in [3.8, 4) is 0 Å². The van der Waals surface area contributed by atoms with Gasteiger partial charge in [0.25, 0.3) is 0 Å². The van der Waals surface area contributed by atoms with E-state index < -0.39 is 10.0 Å². The van der Waals surface area contributed by atoms with Gasteiger partial charge in [0.2, 0.25) is 10.0 Å². The molecule has 5 heteroatoms. The van der Waals surface area contributed by atoms with E-state index in [1.807, 2.05) is 0 Å². The summed E-state index contributed by atoms with van der Waals surface area (Å²) < 4.78 is 26.9. The molecule has 2 unspecified atom stereocenters. The number of sulfonamides is 1. The van der Waals surface area contributed by atoms with Gasteiger partial charge in [-0.2, -0.15) is 0 Å². The van der Waals surface area contributed by atoms with E-state index in [1.54, 1.807) is 0 Å². The molecule has 1 N–H and O–H groups in total. The maximum Gasteiger partial charge on any atom is 0.222 e.